The first kappa shape index (κ1) is 16.8. The average Bonchev–Trinajstić information content (AvgIpc) is 2.84. The van der Waals surface area contributed by atoms with Crippen molar-refractivity contribution in [2.24, 2.45) is 0 Å². The van der Waals surface area contributed by atoms with Crippen LogP contribution in [0.4, 0.5) is 5.69 Å². The Labute approximate surface area is 141 Å². The number of para-hydroxylation sites is 2. The molecule has 2 aliphatic heterocycles. The highest BCUT2D eigenvalue weighted by atomic mass is 32.2. The number of carbonyl (C=O) groups is 2. The number of rotatable bonds is 3. The molecule has 0 saturated carbocycles. The molecule has 8 heteroatoms. The second-order valence-electron chi connectivity index (χ2n) is 6.11. The van der Waals surface area contributed by atoms with Gasteiger partial charge in [-0.3, -0.25) is 14.5 Å². The van der Waals surface area contributed by atoms with Gasteiger partial charge in [0.2, 0.25) is 11.8 Å². The first-order valence-corrected chi connectivity index (χ1v) is 9.68. The Balaban J connectivity index is 1.77. The highest BCUT2D eigenvalue weighted by Crippen LogP contribution is 2.31. The van der Waals surface area contributed by atoms with Crippen LogP contribution in [0.25, 0.3) is 0 Å². The van der Waals surface area contributed by atoms with Crippen molar-refractivity contribution in [1.82, 2.24) is 4.90 Å². The van der Waals surface area contributed by atoms with Crippen LogP contribution in [0, 0.1) is 0 Å². The normalized spacial score (nSPS) is 22.5. The van der Waals surface area contributed by atoms with Crippen molar-refractivity contribution >= 4 is 27.3 Å². The summed E-state index contributed by atoms with van der Waals surface area (Å²) in [5, 5.41) is 0. The minimum absolute atomic E-state index is 0.0110. The molecular formula is C16H20N2O5S. The SMILES string of the molecule is CN(C(=O)CN1C(=O)CCOc2ccccc21)[C@H]1CCS(=O)(=O)C1. The van der Waals surface area contributed by atoms with Gasteiger partial charge in [-0.2, -0.15) is 0 Å². The van der Waals surface area contributed by atoms with Gasteiger partial charge >= 0.3 is 0 Å². The van der Waals surface area contributed by atoms with Gasteiger partial charge < -0.3 is 9.64 Å². The van der Waals surface area contributed by atoms with E-state index in [0.29, 0.717) is 17.9 Å². The highest BCUT2D eigenvalue weighted by molar-refractivity contribution is 7.91. The van der Waals surface area contributed by atoms with E-state index in [1.165, 1.54) is 9.80 Å². The van der Waals surface area contributed by atoms with E-state index in [9.17, 15) is 18.0 Å². The van der Waals surface area contributed by atoms with Gasteiger partial charge in [-0.25, -0.2) is 8.42 Å². The standard InChI is InChI=1S/C16H20N2O5S/c1-17(12-7-9-24(21,22)11-12)16(20)10-18-13-4-2-3-5-14(13)23-8-6-15(18)19/h2-5,12H,6-11H2,1H3/t12-/m0/s1. The maximum Gasteiger partial charge on any atom is 0.242 e. The smallest absolute Gasteiger partial charge is 0.242 e. The number of benzene rings is 1. The average molecular weight is 352 g/mol. The summed E-state index contributed by atoms with van der Waals surface area (Å²) in [7, 11) is -1.47. The van der Waals surface area contributed by atoms with Crippen LogP contribution in [0.15, 0.2) is 24.3 Å². The topological polar surface area (TPSA) is 84.0 Å². The van der Waals surface area contributed by atoms with Gasteiger partial charge in [-0.1, -0.05) is 12.1 Å². The molecule has 1 aromatic carbocycles. The Morgan fingerprint density at radius 1 is 1.38 bits per heavy atom. The van der Waals surface area contributed by atoms with Gasteiger partial charge in [0.25, 0.3) is 0 Å². The molecule has 0 aromatic heterocycles. The van der Waals surface area contributed by atoms with Crippen molar-refractivity contribution in [3.05, 3.63) is 24.3 Å². The fraction of sp³-hybridized carbons (Fsp3) is 0.500. The molecule has 0 bridgehead atoms. The molecule has 7 nitrogen and oxygen atoms in total. The Bertz CT molecular complexity index is 761. The fourth-order valence-corrected chi connectivity index (χ4v) is 4.80. The number of nitrogens with zero attached hydrogens (tertiary/aromatic N) is 2. The third-order valence-corrected chi connectivity index (χ3v) is 6.22. The highest BCUT2D eigenvalue weighted by Gasteiger charge is 2.34. The van der Waals surface area contributed by atoms with Crippen LogP contribution in [-0.4, -0.2) is 62.9 Å². The molecule has 0 unspecified atom stereocenters. The summed E-state index contributed by atoms with van der Waals surface area (Å²) in [4.78, 5) is 27.8. The Morgan fingerprint density at radius 3 is 2.83 bits per heavy atom. The molecule has 2 heterocycles. The summed E-state index contributed by atoms with van der Waals surface area (Å²) in [6.07, 6.45) is 0.641. The monoisotopic (exact) mass is 352 g/mol. The van der Waals surface area contributed by atoms with E-state index in [1.807, 2.05) is 6.07 Å². The minimum atomic E-state index is -3.07. The summed E-state index contributed by atoms with van der Waals surface area (Å²) < 4.78 is 28.8. The van der Waals surface area contributed by atoms with Crippen LogP contribution < -0.4 is 9.64 Å². The van der Waals surface area contributed by atoms with E-state index in [-0.39, 0.29) is 48.9 Å². The molecule has 0 spiro atoms. The zero-order chi connectivity index (χ0) is 17.3. The molecule has 1 aromatic rings. The first-order valence-electron chi connectivity index (χ1n) is 7.86. The molecule has 2 aliphatic rings. The van der Waals surface area contributed by atoms with Crippen LogP contribution in [0.2, 0.25) is 0 Å². The molecule has 0 radical (unpaired) electrons. The lowest BCUT2D eigenvalue weighted by Gasteiger charge is -2.27. The van der Waals surface area contributed by atoms with Gasteiger partial charge in [0, 0.05) is 13.1 Å². The third-order valence-electron chi connectivity index (χ3n) is 4.47. The van der Waals surface area contributed by atoms with Gasteiger partial charge in [0.15, 0.2) is 9.84 Å². The molecule has 3 rings (SSSR count). The Hall–Kier alpha value is -2.09. The molecule has 24 heavy (non-hydrogen) atoms. The predicted octanol–water partition coefficient (Wildman–Crippen LogP) is 0.448. The number of carbonyl (C=O) groups excluding carboxylic acids is 2. The van der Waals surface area contributed by atoms with Crippen LogP contribution in [0.3, 0.4) is 0 Å². The maximum absolute atomic E-state index is 12.6. The summed E-state index contributed by atoms with van der Waals surface area (Å²) >= 11 is 0. The van der Waals surface area contributed by atoms with Crippen molar-refractivity contribution in [2.75, 3.05) is 36.6 Å². The van der Waals surface area contributed by atoms with E-state index in [2.05, 4.69) is 0 Å². The number of hydrogen-bond donors (Lipinski definition) is 0. The van der Waals surface area contributed by atoms with E-state index in [4.69, 9.17) is 4.74 Å². The number of anilines is 1. The van der Waals surface area contributed by atoms with E-state index in [1.54, 1.807) is 25.2 Å². The van der Waals surface area contributed by atoms with Gasteiger partial charge in [0.05, 0.1) is 30.2 Å². The minimum Gasteiger partial charge on any atom is -0.491 e. The molecule has 0 aliphatic carbocycles. The third kappa shape index (κ3) is 3.38. The molecule has 130 valence electrons. The first-order chi connectivity index (χ1) is 11.4. The Morgan fingerprint density at radius 2 is 2.12 bits per heavy atom. The molecule has 1 saturated heterocycles. The quantitative estimate of drug-likeness (QED) is 0.788. The van der Waals surface area contributed by atoms with E-state index in [0.717, 1.165) is 0 Å². The number of fused-ring (bicyclic) bond motifs is 1. The molecule has 1 atom stereocenters. The zero-order valence-corrected chi connectivity index (χ0v) is 14.3. The van der Waals surface area contributed by atoms with Gasteiger partial charge in [0.1, 0.15) is 12.3 Å². The molecule has 1 fully saturated rings. The fourth-order valence-electron chi connectivity index (χ4n) is 3.02. The molecular weight excluding hydrogens is 332 g/mol. The maximum atomic E-state index is 12.6. The zero-order valence-electron chi connectivity index (χ0n) is 13.5. The van der Waals surface area contributed by atoms with Crippen LogP contribution in [-0.2, 0) is 19.4 Å². The number of ether oxygens (including phenoxy) is 1. The summed E-state index contributed by atoms with van der Waals surface area (Å²) in [5.74, 6) is 0.211. The number of sulfone groups is 1. The lowest BCUT2D eigenvalue weighted by Crippen LogP contribution is -2.45. The van der Waals surface area contributed by atoms with Crippen molar-refractivity contribution in [1.29, 1.82) is 0 Å². The van der Waals surface area contributed by atoms with Crippen molar-refractivity contribution < 1.29 is 22.7 Å². The number of hydrogen-bond acceptors (Lipinski definition) is 5. The second kappa shape index (κ2) is 6.43. The largest absolute Gasteiger partial charge is 0.491 e. The number of amides is 2. The van der Waals surface area contributed by atoms with E-state index < -0.39 is 9.84 Å². The van der Waals surface area contributed by atoms with Crippen molar-refractivity contribution in [3.8, 4) is 5.75 Å². The van der Waals surface area contributed by atoms with Crippen molar-refractivity contribution in [3.63, 3.8) is 0 Å². The lowest BCUT2D eigenvalue weighted by molar-refractivity contribution is -0.131. The van der Waals surface area contributed by atoms with Gasteiger partial charge in [-0.15, -0.1) is 0 Å². The summed E-state index contributed by atoms with van der Waals surface area (Å²) in [5.41, 5.74) is 0.570. The Kier molecular flexibility index (Phi) is 4.49. The van der Waals surface area contributed by atoms with Crippen LogP contribution in [0.5, 0.6) is 5.75 Å². The van der Waals surface area contributed by atoms with Crippen LogP contribution >= 0.6 is 0 Å². The van der Waals surface area contributed by atoms with E-state index >= 15 is 0 Å². The molecule has 0 N–H and O–H groups in total. The van der Waals surface area contributed by atoms with Crippen LogP contribution in [0.1, 0.15) is 12.8 Å². The van der Waals surface area contributed by atoms with Gasteiger partial charge in [-0.05, 0) is 18.6 Å². The lowest BCUT2D eigenvalue weighted by atomic mass is 10.2. The summed E-state index contributed by atoms with van der Waals surface area (Å²) in [6, 6.07) is 6.77. The van der Waals surface area contributed by atoms with Crippen molar-refractivity contribution in [2.45, 2.75) is 18.9 Å². The predicted molar refractivity (Wildman–Crippen MR) is 88.7 cm³/mol. The summed E-state index contributed by atoms with van der Waals surface area (Å²) in [6.45, 7) is 0.156. The molecule has 2 amide bonds. The second-order valence-corrected chi connectivity index (χ2v) is 8.34. The number of likely N-dealkylation sites (N-methyl/N-ethyl adjacent to an activating group) is 1.